The van der Waals surface area contributed by atoms with E-state index in [1.807, 2.05) is 27.5 Å². The molecule has 0 spiro atoms. The molecule has 3 aliphatic rings. The summed E-state index contributed by atoms with van der Waals surface area (Å²) in [5.74, 6) is 0.657. The first-order valence-electron chi connectivity index (χ1n) is 15.4. The standard InChI is InChI=1S/C33H38IN7O4/c1-2-30(42)41-17-16-39(21-25(41)11-13-35)31-27-12-15-38(29-10-5-8-24-7-3-4-9-26(24)29)22-28(27)36-32(37-31)45-19-6-14-40-18-20-44-23-33(40,34)43/h2-5,7-10,25,43H,1,6,11-12,14-23H2/t25?,33-/m1/s1. The summed E-state index contributed by atoms with van der Waals surface area (Å²) in [6.07, 6.45) is 2.99. The monoisotopic (exact) mass is 723 g/mol. The molecule has 3 aromatic rings. The van der Waals surface area contributed by atoms with Crippen molar-refractivity contribution in [2.24, 2.45) is 0 Å². The number of halogens is 1. The molecule has 0 bridgehead atoms. The Morgan fingerprint density at radius 1 is 1.18 bits per heavy atom. The second kappa shape index (κ2) is 13.9. The first-order chi connectivity index (χ1) is 21.9. The number of benzene rings is 2. The number of piperazine rings is 1. The molecule has 4 heterocycles. The minimum atomic E-state index is -1.02. The van der Waals surface area contributed by atoms with Gasteiger partial charge in [-0.05, 0) is 53.0 Å². The van der Waals surface area contributed by atoms with Gasteiger partial charge >= 0.3 is 6.01 Å². The van der Waals surface area contributed by atoms with Crippen LogP contribution < -0.4 is 14.5 Å². The molecular weight excluding hydrogens is 685 g/mol. The fourth-order valence-electron chi connectivity index (χ4n) is 6.48. The van der Waals surface area contributed by atoms with Crippen LogP contribution in [0, 0.1) is 11.3 Å². The SMILES string of the molecule is C=CC(=O)N1CCN(c2nc(OCCCN3CCOC[C@@]3(O)I)nc3c2CCN(c2cccc4ccccc24)C3)CC1CC#N. The second-order valence-electron chi connectivity index (χ2n) is 11.6. The lowest BCUT2D eigenvalue weighted by Gasteiger charge is -2.42. The number of carbonyl (C=O) groups is 1. The van der Waals surface area contributed by atoms with Gasteiger partial charge in [-0.2, -0.15) is 15.2 Å². The summed E-state index contributed by atoms with van der Waals surface area (Å²) in [6.45, 7) is 9.21. The fourth-order valence-corrected chi connectivity index (χ4v) is 7.18. The van der Waals surface area contributed by atoms with Gasteiger partial charge in [0.2, 0.25) is 5.91 Å². The molecular formula is C33H38IN7O4. The zero-order chi connectivity index (χ0) is 31.4. The van der Waals surface area contributed by atoms with Crippen molar-refractivity contribution in [1.82, 2.24) is 19.8 Å². The average Bonchev–Trinajstić information content (AvgIpc) is 3.06. The molecule has 2 atom stereocenters. The summed E-state index contributed by atoms with van der Waals surface area (Å²) in [5.41, 5.74) is 3.18. The molecule has 6 rings (SSSR count). The van der Waals surface area contributed by atoms with Gasteiger partial charge in [-0.1, -0.05) is 43.0 Å². The summed E-state index contributed by atoms with van der Waals surface area (Å²) >= 11 is 2.03. The van der Waals surface area contributed by atoms with E-state index >= 15 is 0 Å². The highest BCUT2D eigenvalue weighted by molar-refractivity contribution is 14.1. The van der Waals surface area contributed by atoms with Crippen LogP contribution in [-0.2, 0) is 22.5 Å². The third kappa shape index (κ3) is 6.86. The zero-order valence-corrected chi connectivity index (χ0v) is 27.4. The van der Waals surface area contributed by atoms with Gasteiger partial charge in [0.15, 0.2) is 3.73 Å². The topological polar surface area (TPSA) is 118 Å². The molecule has 1 unspecified atom stereocenters. The van der Waals surface area contributed by atoms with E-state index in [1.54, 1.807) is 4.90 Å². The van der Waals surface area contributed by atoms with Crippen molar-refractivity contribution < 1.29 is 19.4 Å². The van der Waals surface area contributed by atoms with E-state index in [9.17, 15) is 15.2 Å². The van der Waals surface area contributed by atoms with Crippen LogP contribution in [0.5, 0.6) is 6.01 Å². The van der Waals surface area contributed by atoms with Gasteiger partial charge in [0.25, 0.3) is 0 Å². The first kappa shape index (κ1) is 31.5. The Balaban J connectivity index is 1.26. The van der Waals surface area contributed by atoms with Crippen LogP contribution in [-0.4, -0.2) is 99.6 Å². The van der Waals surface area contributed by atoms with Crippen molar-refractivity contribution in [1.29, 1.82) is 5.26 Å². The van der Waals surface area contributed by atoms with Crippen molar-refractivity contribution >= 4 is 50.8 Å². The van der Waals surface area contributed by atoms with Gasteiger partial charge in [0, 0.05) is 55.9 Å². The van der Waals surface area contributed by atoms with Crippen molar-refractivity contribution in [3.05, 3.63) is 66.4 Å². The summed E-state index contributed by atoms with van der Waals surface area (Å²) < 4.78 is 10.6. The van der Waals surface area contributed by atoms with Crippen LogP contribution in [0.15, 0.2) is 55.1 Å². The number of aromatic nitrogens is 2. The van der Waals surface area contributed by atoms with Gasteiger partial charge in [-0.3, -0.25) is 9.69 Å². The number of rotatable bonds is 9. The molecule has 1 aromatic heterocycles. The van der Waals surface area contributed by atoms with Gasteiger partial charge < -0.3 is 29.3 Å². The lowest BCUT2D eigenvalue weighted by molar-refractivity contribution is -0.128. The molecule has 45 heavy (non-hydrogen) atoms. The Morgan fingerprint density at radius 2 is 2.02 bits per heavy atom. The Bertz CT molecular complexity index is 1590. The van der Waals surface area contributed by atoms with E-state index in [-0.39, 0.29) is 25.0 Å². The first-order valence-corrected chi connectivity index (χ1v) is 16.5. The van der Waals surface area contributed by atoms with Gasteiger partial charge in [-0.25, -0.2) is 0 Å². The van der Waals surface area contributed by atoms with E-state index in [0.717, 1.165) is 30.0 Å². The van der Waals surface area contributed by atoms with Crippen LogP contribution in [0.1, 0.15) is 24.1 Å². The Labute approximate surface area is 277 Å². The molecule has 2 aromatic carbocycles. The highest BCUT2D eigenvalue weighted by Gasteiger charge is 2.35. The molecule has 3 aliphatic heterocycles. The molecule has 0 radical (unpaired) electrons. The van der Waals surface area contributed by atoms with Crippen LogP contribution in [0.2, 0.25) is 0 Å². The zero-order valence-electron chi connectivity index (χ0n) is 25.3. The van der Waals surface area contributed by atoms with E-state index in [4.69, 9.17) is 19.4 Å². The van der Waals surface area contributed by atoms with Gasteiger partial charge in [0.1, 0.15) is 5.82 Å². The summed E-state index contributed by atoms with van der Waals surface area (Å²) in [4.78, 5) is 30.7. The number of anilines is 2. The Morgan fingerprint density at radius 3 is 2.84 bits per heavy atom. The number of fused-ring (bicyclic) bond motifs is 2. The molecule has 1 N–H and O–H groups in total. The van der Waals surface area contributed by atoms with Crippen molar-refractivity contribution in [3.63, 3.8) is 0 Å². The molecule has 236 valence electrons. The van der Waals surface area contributed by atoms with E-state index < -0.39 is 3.73 Å². The maximum atomic E-state index is 12.5. The lowest BCUT2D eigenvalue weighted by Crippen LogP contribution is -2.55. The Kier molecular flexibility index (Phi) is 9.70. The molecule has 12 heteroatoms. The summed E-state index contributed by atoms with van der Waals surface area (Å²) in [7, 11) is 0. The van der Waals surface area contributed by atoms with E-state index in [0.29, 0.717) is 64.9 Å². The van der Waals surface area contributed by atoms with Crippen molar-refractivity contribution in [2.75, 3.05) is 68.9 Å². The van der Waals surface area contributed by atoms with Crippen molar-refractivity contribution in [2.45, 2.75) is 35.6 Å². The number of aliphatic hydroxyl groups is 1. The number of nitriles is 1. The molecule has 2 saturated heterocycles. The number of alkyl halides is 1. The Hall–Kier alpha value is -3.51. The normalized spacial score (nSPS) is 22.2. The molecule has 0 saturated carbocycles. The number of hydrogen-bond acceptors (Lipinski definition) is 10. The minimum Gasteiger partial charge on any atom is -0.463 e. The lowest BCUT2D eigenvalue weighted by atomic mass is 10.0. The van der Waals surface area contributed by atoms with Crippen LogP contribution in [0.4, 0.5) is 11.5 Å². The summed E-state index contributed by atoms with van der Waals surface area (Å²) in [5, 5.41) is 22.6. The third-order valence-corrected chi connectivity index (χ3v) is 9.77. The van der Waals surface area contributed by atoms with Gasteiger partial charge in [-0.15, -0.1) is 0 Å². The molecule has 0 aliphatic carbocycles. The van der Waals surface area contributed by atoms with Gasteiger partial charge in [0.05, 0.1) is 50.6 Å². The van der Waals surface area contributed by atoms with Crippen LogP contribution >= 0.6 is 22.6 Å². The second-order valence-corrected chi connectivity index (χ2v) is 13.3. The number of hydrogen-bond donors (Lipinski definition) is 1. The number of ether oxygens (including phenoxy) is 2. The van der Waals surface area contributed by atoms with Crippen LogP contribution in [0.25, 0.3) is 10.8 Å². The number of carbonyl (C=O) groups excluding carboxylic acids is 1. The van der Waals surface area contributed by atoms with E-state index in [1.165, 1.54) is 22.5 Å². The maximum absolute atomic E-state index is 12.5. The fraction of sp³-hybridized carbons (Fsp3) is 0.455. The summed E-state index contributed by atoms with van der Waals surface area (Å²) in [6, 6.07) is 17.1. The van der Waals surface area contributed by atoms with Crippen LogP contribution in [0.3, 0.4) is 0 Å². The highest BCUT2D eigenvalue weighted by atomic mass is 127. The predicted octanol–water partition coefficient (Wildman–Crippen LogP) is 3.49. The highest BCUT2D eigenvalue weighted by Crippen LogP contribution is 2.35. The van der Waals surface area contributed by atoms with E-state index in [2.05, 4.69) is 64.9 Å². The molecule has 1 amide bonds. The number of amides is 1. The minimum absolute atomic E-state index is 0.159. The molecule has 2 fully saturated rings. The molecule has 11 nitrogen and oxygen atoms in total. The number of nitrogens with zero attached hydrogens (tertiary/aromatic N) is 7. The maximum Gasteiger partial charge on any atom is 0.318 e. The smallest absolute Gasteiger partial charge is 0.318 e. The average molecular weight is 724 g/mol. The number of morpholine rings is 1. The third-order valence-electron chi connectivity index (χ3n) is 8.78. The van der Waals surface area contributed by atoms with Crippen molar-refractivity contribution in [3.8, 4) is 12.1 Å². The largest absolute Gasteiger partial charge is 0.463 e. The predicted molar refractivity (Wildman–Crippen MR) is 180 cm³/mol. The quantitative estimate of drug-likeness (QED) is 0.116.